The van der Waals surface area contributed by atoms with Gasteiger partial charge in [-0.15, -0.1) is 0 Å². The number of ether oxygens (including phenoxy) is 1. The first-order valence-corrected chi connectivity index (χ1v) is 10.2. The maximum absolute atomic E-state index is 13.4. The molecule has 0 N–H and O–H groups in total. The molecule has 1 aromatic carbocycles. The molecule has 0 radical (unpaired) electrons. The van der Waals surface area contributed by atoms with Crippen LogP contribution in [-0.4, -0.2) is 60.7 Å². The van der Waals surface area contributed by atoms with E-state index in [1.54, 1.807) is 30.2 Å². The van der Waals surface area contributed by atoms with Crippen LogP contribution in [0.1, 0.15) is 28.2 Å². The second-order valence-corrected chi connectivity index (χ2v) is 8.29. The van der Waals surface area contributed by atoms with Crippen LogP contribution in [0.25, 0.3) is 0 Å². The quantitative estimate of drug-likeness (QED) is 0.720. The number of benzene rings is 1. The lowest BCUT2D eigenvalue weighted by molar-refractivity contribution is -0.137. The molecule has 0 unspecified atom stereocenters. The fraction of sp³-hybridized carbons (Fsp3) is 0.455. The summed E-state index contributed by atoms with van der Waals surface area (Å²) in [5.74, 6) is -0.133. The molecule has 2 aromatic rings. The number of nitriles is 1. The molecule has 3 heterocycles. The van der Waals surface area contributed by atoms with E-state index in [-0.39, 0.29) is 23.1 Å². The number of carbonyl (C=O) groups excluding carboxylic acids is 1. The van der Waals surface area contributed by atoms with Crippen molar-refractivity contribution in [3.63, 3.8) is 0 Å². The Morgan fingerprint density at radius 1 is 1.31 bits per heavy atom. The number of nitrogens with zero attached hydrogens (tertiary/aromatic N) is 5. The SMILES string of the molecule is COC[C@@]12CCN(c3ccc(C#N)c(C(F)(F)F)c3)C[C@@H]1CN(C(=O)c1ncccn1)C2. The molecule has 2 saturated heterocycles. The number of likely N-dealkylation sites (tertiary alicyclic amines) is 1. The Bertz CT molecular complexity index is 1040. The maximum Gasteiger partial charge on any atom is 0.417 e. The average Bonchev–Trinajstić information content (AvgIpc) is 3.17. The van der Waals surface area contributed by atoms with Gasteiger partial charge in [-0.25, -0.2) is 9.97 Å². The number of fused-ring (bicyclic) bond motifs is 1. The summed E-state index contributed by atoms with van der Waals surface area (Å²) >= 11 is 0. The zero-order chi connectivity index (χ0) is 22.9. The molecule has 0 bridgehead atoms. The maximum atomic E-state index is 13.4. The van der Waals surface area contributed by atoms with Gasteiger partial charge in [0.15, 0.2) is 0 Å². The minimum atomic E-state index is -4.61. The summed E-state index contributed by atoms with van der Waals surface area (Å²) in [7, 11) is 1.61. The number of alkyl halides is 3. The van der Waals surface area contributed by atoms with Crippen LogP contribution >= 0.6 is 0 Å². The molecule has 2 aliphatic rings. The minimum Gasteiger partial charge on any atom is -0.384 e. The van der Waals surface area contributed by atoms with Gasteiger partial charge in [0.25, 0.3) is 5.91 Å². The number of aromatic nitrogens is 2. The number of halogens is 3. The highest BCUT2D eigenvalue weighted by molar-refractivity contribution is 5.90. The highest BCUT2D eigenvalue weighted by Crippen LogP contribution is 2.45. The second kappa shape index (κ2) is 8.39. The normalized spacial score (nSPS) is 23.0. The summed E-state index contributed by atoms with van der Waals surface area (Å²) in [4.78, 5) is 24.6. The molecular weight excluding hydrogens is 423 g/mol. The van der Waals surface area contributed by atoms with Crippen LogP contribution in [0.5, 0.6) is 0 Å². The first-order chi connectivity index (χ1) is 15.3. The van der Waals surface area contributed by atoms with Gasteiger partial charge in [-0.05, 0) is 30.7 Å². The van der Waals surface area contributed by atoms with Crippen LogP contribution in [-0.2, 0) is 10.9 Å². The number of methoxy groups -OCH3 is 1. The van der Waals surface area contributed by atoms with Gasteiger partial charge >= 0.3 is 6.18 Å². The number of hydrogen-bond acceptors (Lipinski definition) is 6. The summed E-state index contributed by atoms with van der Waals surface area (Å²) in [6.07, 6.45) is -0.923. The van der Waals surface area contributed by atoms with Crippen LogP contribution in [0.15, 0.2) is 36.7 Å². The highest BCUT2D eigenvalue weighted by atomic mass is 19.4. The topological polar surface area (TPSA) is 82.4 Å². The second-order valence-electron chi connectivity index (χ2n) is 8.29. The van der Waals surface area contributed by atoms with Gasteiger partial charge < -0.3 is 14.5 Å². The van der Waals surface area contributed by atoms with Crippen LogP contribution in [0.3, 0.4) is 0 Å². The predicted octanol–water partition coefficient (Wildman–Crippen LogP) is 2.98. The highest BCUT2D eigenvalue weighted by Gasteiger charge is 2.51. The molecule has 2 atom stereocenters. The van der Waals surface area contributed by atoms with Crippen molar-refractivity contribution in [1.29, 1.82) is 5.26 Å². The Kier molecular flexibility index (Phi) is 5.77. The van der Waals surface area contributed by atoms with Gasteiger partial charge in [0.2, 0.25) is 5.82 Å². The van der Waals surface area contributed by atoms with Gasteiger partial charge in [0, 0.05) is 62.7 Å². The first-order valence-electron chi connectivity index (χ1n) is 10.2. The third kappa shape index (κ3) is 4.00. The Balaban J connectivity index is 1.58. The van der Waals surface area contributed by atoms with Gasteiger partial charge in [-0.2, -0.15) is 18.4 Å². The molecule has 1 amide bonds. The summed E-state index contributed by atoms with van der Waals surface area (Å²) in [6, 6.07) is 7.05. The van der Waals surface area contributed by atoms with Crippen molar-refractivity contribution in [2.24, 2.45) is 11.3 Å². The molecule has 2 fully saturated rings. The zero-order valence-electron chi connectivity index (χ0n) is 17.5. The molecular formula is C22H22F3N5O2. The Morgan fingerprint density at radius 2 is 2.06 bits per heavy atom. The van der Waals surface area contributed by atoms with E-state index in [1.807, 2.05) is 4.90 Å². The predicted molar refractivity (Wildman–Crippen MR) is 109 cm³/mol. The number of carbonyl (C=O) groups is 1. The van der Waals surface area contributed by atoms with Crippen molar-refractivity contribution in [2.75, 3.05) is 44.8 Å². The molecule has 1 aromatic heterocycles. The molecule has 0 spiro atoms. The van der Waals surface area contributed by atoms with E-state index in [2.05, 4.69) is 9.97 Å². The van der Waals surface area contributed by atoms with E-state index in [0.29, 0.717) is 44.9 Å². The van der Waals surface area contributed by atoms with Crippen molar-refractivity contribution in [3.05, 3.63) is 53.6 Å². The number of amides is 1. The third-order valence-electron chi connectivity index (χ3n) is 6.40. The van der Waals surface area contributed by atoms with E-state index < -0.39 is 17.3 Å². The van der Waals surface area contributed by atoms with Crippen molar-refractivity contribution in [1.82, 2.24) is 14.9 Å². The summed E-state index contributed by atoms with van der Waals surface area (Å²) in [5, 5.41) is 9.05. The van der Waals surface area contributed by atoms with Crippen LogP contribution < -0.4 is 4.90 Å². The van der Waals surface area contributed by atoms with Crippen molar-refractivity contribution >= 4 is 11.6 Å². The Morgan fingerprint density at radius 3 is 2.72 bits per heavy atom. The van der Waals surface area contributed by atoms with Crippen LogP contribution in [0.4, 0.5) is 18.9 Å². The van der Waals surface area contributed by atoms with Crippen molar-refractivity contribution in [3.8, 4) is 6.07 Å². The molecule has 4 rings (SSSR count). The lowest BCUT2D eigenvalue weighted by Crippen LogP contribution is -2.49. The molecule has 32 heavy (non-hydrogen) atoms. The van der Waals surface area contributed by atoms with E-state index in [1.165, 1.54) is 18.5 Å². The molecule has 7 nitrogen and oxygen atoms in total. The minimum absolute atomic E-state index is 0.00819. The smallest absolute Gasteiger partial charge is 0.384 e. The Labute approximate surface area is 183 Å². The van der Waals surface area contributed by atoms with Gasteiger partial charge in [-0.1, -0.05) is 0 Å². The number of rotatable bonds is 4. The van der Waals surface area contributed by atoms with Gasteiger partial charge in [0.05, 0.1) is 23.8 Å². The number of hydrogen-bond donors (Lipinski definition) is 0. The monoisotopic (exact) mass is 445 g/mol. The number of piperidine rings is 1. The van der Waals surface area contributed by atoms with Crippen molar-refractivity contribution < 1.29 is 22.7 Å². The van der Waals surface area contributed by atoms with Gasteiger partial charge in [0.1, 0.15) is 0 Å². The third-order valence-corrected chi connectivity index (χ3v) is 6.40. The first kappa shape index (κ1) is 22.0. The molecule has 10 heteroatoms. The molecule has 0 aliphatic carbocycles. The standard InChI is InChI=1S/C22H22F3N5O2/c1-32-14-21-5-8-29(17-4-3-15(10-26)18(9-17)22(23,24)25)11-16(21)12-30(13-21)20(31)19-27-6-2-7-28-19/h2-4,6-7,9,16H,5,8,11-14H2,1H3/t16-,21+/m1/s1. The lowest BCUT2D eigenvalue weighted by atomic mass is 9.73. The van der Waals surface area contributed by atoms with Crippen molar-refractivity contribution in [2.45, 2.75) is 12.6 Å². The van der Waals surface area contributed by atoms with E-state index >= 15 is 0 Å². The van der Waals surface area contributed by atoms with E-state index in [9.17, 15) is 18.0 Å². The van der Waals surface area contributed by atoms with Gasteiger partial charge in [-0.3, -0.25) is 4.79 Å². The fourth-order valence-electron chi connectivity index (χ4n) is 4.81. The molecule has 2 aliphatic heterocycles. The largest absolute Gasteiger partial charge is 0.417 e. The molecule has 0 saturated carbocycles. The lowest BCUT2D eigenvalue weighted by Gasteiger charge is -2.44. The molecule has 168 valence electrons. The Hall–Kier alpha value is -3.19. The zero-order valence-corrected chi connectivity index (χ0v) is 17.5. The number of anilines is 1. The summed E-state index contributed by atoms with van der Waals surface area (Å²) < 4.78 is 45.7. The van der Waals surface area contributed by atoms with Crippen LogP contribution in [0.2, 0.25) is 0 Å². The van der Waals surface area contributed by atoms with E-state index in [4.69, 9.17) is 10.00 Å². The summed E-state index contributed by atoms with van der Waals surface area (Å²) in [5.41, 5.74) is -1.20. The fourth-order valence-corrected chi connectivity index (χ4v) is 4.81. The average molecular weight is 445 g/mol. The summed E-state index contributed by atoms with van der Waals surface area (Å²) in [6.45, 7) is 2.38. The van der Waals surface area contributed by atoms with Crippen LogP contribution in [0, 0.1) is 22.7 Å². The van der Waals surface area contributed by atoms with E-state index in [0.717, 1.165) is 6.07 Å².